The molecular weight excluding hydrogens is 406 g/mol. The molecule has 0 saturated carbocycles. The quantitative estimate of drug-likeness (QED) is 0.428. The Kier molecular flexibility index (Phi) is 8.00. The molecule has 1 aromatic heterocycles. The Morgan fingerprint density at radius 1 is 1.23 bits per heavy atom. The second kappa shape index (κ2) is 11.1. The van der Waals surface area contributed by atoms with Gasteiger partial charge in [0.15, 0.2) is 5.16 Å². The zero-order valence-electron chi connectivity index (χ0n) is 18.6. The Morgan fingerprint density at radius 2 is 2.10 bits per heavy atom. The molecule has 0 N–H and O–H groups in total. The monoisotopic (exact) mass is 439 g/mol. The maximum Gasteiger partial charge on any atom is 0.187 e. The summed E-state index contributed by atoms with van der Waals surface area (Å²) in [4.78, 5) is 12.1. The van der Waals surface area contributed by atoms with E-state index in [-0.39, 0.29) is 0 Å². The predicted octanol–water partition coefficient (Wildman–Crippen LogP) is 4.96. The largest absolute Gasteiger partial charge is 0.497 e. The fourth-order valence-corrected chi connectivity index (χ4v) is 5.25. The summed E-state index contributed by atoms with van der Waals surface area (Å²) in [5, 5.41) is 0.896. The summed E-state index contributed by atoms with van der Waals surface area (Å²) in [6.07, 6.45) is 11.6. The minimum absolute atomic E-state index is 0.362. The van der Waals surface area contributed by atoms with Gasteiger partial charge in [-0.15, -0.1) is 0 Å². The van der Waals surface area contributed by atoms with Crippen LogP contribution in [0.4, 0.5) is 0 Å². The SMILES string of the molecule is COc1ccc(/C=C/CN2CCC[C@H](c3nc(SC[C@H]4CCCO4)ncc3C)C2)cc1. The number of aryl methyl sites for hydroxylation is 1. The highest BCUT2D eigenvalue weighted by Crippen LogP contribution is 2.29. The number of nitrogens with zero attached hydrogens (tertiary/aromatic N) is 3. The van der Waals surface area contributed by atoms with Crippen molar-refractivity contribution in [3.63, 3.8) is 0 Å². The van der Waals surface area contributed by atoms with Crippen LogP contribution in [0, 0.1) is 6.92 Å². The van der Waals surface area contributed by atoms with Crippen molar-refractivity contribution in [2.75, 3.05) is 39.1 Å². The Morgan fingerprint density at radius 3 is 2.87 bits per heavy atom. The molecule has 2 aromatic rings. The molecule has 3 heterocycles. The van der Waals surface area contributed by atoms with Crippen molar-refractivity contribution in [2.45, 2.75) is 49.8 Å². The summed E-state index contributed by atoms with van der Waals surface area (Å²) in [5.74, 6) is 2.33. The van der Waals surface area contributed by atoms with Gasteiger partial charge in [0.2, 0.25) is 0 Å². The molecule has 0 aliphatic carbocycles. The summed E-state index contributed by atoms with van der Waals surface area (Å²) in [6, 6.07) is 8.19. The third kappa shape index (κ3) is 6.31. The maximum atomic E-state index is 5.74. The van der Waals surface area contributed by atoms with Crippen LogP contribution in [0.3, 0.4) is 0 Å². The average molecular weight is 440 g/mol. The molecule has 166 valence electrons. The smallest absolute Gasteiger partial charge is 0.187 e. The Labute approximate surface area is 190 Å². The molecule has 1 aromatic carbocycles. The summed E-state index contributed by atoms with van der Waals surface area (Å²) < 4.78 is 11.0. The van der Waals surface area contributed by atoms with Crippen LogP contribution in [0.5, 0.6) is 5.75 Å². The number of aromatic nitrogens is 2. The molecule has 2 atom stereocenters. The lowest BCUT2D eigenvalue weighted by Gasteiger charge is -2.32. The van der Waals surface area contributed by atoms with Crippen LogP contribution in [-0.4, -0.2) is 60.1 Å². The molecule has 6 heteroatoms. The van der Waals surface area contributed by atoms with Gasteiger partial charge in [0.05, 0.1) is 18.9 Å². The summed E-state index contributed by atoms with van der Waals surface area (Å²) in [7, 11) is 1.70. The number of ether oxygens (including phenoxy) is 2. The summed E-state index contributed by atoms with van der Waals surface area (Å²) in [6.45, 7) is 6.21. The van der Waals surface area contributed by atoms with E-state index in [1.54, 1.807) is 18.9 Å². The van der Waals surface area contributed by atoms with E-state index in [0.717, 1.165) is 49.3 Å². The van der Waals surface area contributed by atoms with Crippen LogP contribution in [0.15, 0.2) is 41.7 Å². The normalized spacial score (nSPS) is 22.3. The van der Waals surface area contributed by atoms with E-state index in [1.165, 1.54) is 36.1 Å². The molecule has 2 aliphatic heterocycles. The minimum atomic E-state index is 0.362. The van der Waals surface area contributed by atoms with Crippen LogP contribution in [0.2, 0.25) is 0 Å². The van der Waals surface area contributed by atoms with Crippen molar-refractivity contribution in [3.8, 4) is 5.75 Å². The van der Waals surface area contributed by atoms with E-state index < -0.39 is 0 Å². The van der Waals surface area contributed by atoms with Gasteiger partial charge in [0, 0.05) is 37.6 Å². The number of hydrogen-bond donors (Lipinski definition) is 0. The van der Waals surface area contributed by atoms with Crippen molar-refractivity contribution in [1.82, 2.24) is 14.9 Å². The number of hydrogen-bond acceptors (Lipinski definition) is 6. The first-order valence-corrected chi connectivity index (χ1v) is 12.3. The van der Waals surface area contributed by atoms with E-state index in [9.17, 15) is 0 Å². The lowest BCUT2D eigenvalue weighted by atomic mass is 9.92. The standard InChI is InChI=1S/C25H33N3O2S/c1-19-16-26-25(31-18-23-8-5-15-30-23)27-24(19)21-7-4-14-28(17-21)13-3-6-20-9-11-22(29-2)12-10-20/h3,6,9-12,16,21,23H,4-5,7-8,13-15,17-18H2,1-2H3/b6-3+/t21-,23+/m0/s1. The zero-order valence-corrected chi connectivity index (χ0v) is 19.4. The molecule has 31 heavy (non-hydrogen) atoms. The number of benzene rings is 1. The Bertz CT molecular complexity index is 866. The van der Waals surface area contributed by atoms with E-state index in [0.29, 0.717) is 12.0 Å². The molecular formula is C25H33N3O2S. The highest BCUT2D eigenvalue weighted by molar-refractivity contribution is 7.99. The molecule has 5 nitrogen and oxygen atoms in total. The van der Waals surface area contributed by atoms with Gasteiger partial charge in [-0.05, 0) is 62.4 Å². The van der Waals surface area contributed by atoms with Gasteiger partial charge < -0.3 is 9.47 Å². The third-order valence-corrected chi connectivity index (χ3v) is 7.09. The van der Waals surface area contributed by atoms with Gasteiger partial charge in [0.25, 0.3) is 0 Å². The number of likely N-dealkylation sites (tertiary alicyclic amines) is 1. The number of rotatable bonds is 8. The van der Waals surface area contributed by atoms with Gasteiger partial charge in [-0.1, -0.05) is 36.0 Å². The van der Waals surface area contributed by atoms with Gasteiger partial charge in [-0.3, -0.25) is 4.90 Å². The first kappa shape index (κ1) is 22.3. The molecule has 0 radical (unpaired) electrons. The van der Waals surface area contributed by atoms with E-state index in [4.69, 9.17) is 14.5 Å². The van der Waals surface area contributed by atoms with Crippen LogP contribution in [0.25, 0.3) is 6.08 Å². The number of methoxy groups -OCH3 is 1. The average Bonchev–Trinajstić information content (AvgIpc) is 3.33. The fourth-order valence-electron chi connectivity index (χ4n) is 4.36. The number of piperidine rings is 1. The highest BCUT2D eigenvalue weighted by Gasteiger charge is 2.24. The topological polar surface area (TPSA) is 47.5 Å². The van der Waals surface area contributed by atoms with E-state index >= 15 is 0 Å². The summed E-state index contributed by atoms with van der Waals surface area (Å²) in [5.41, 5.74) is 3.64. The lowest BCUT2D eigenvalue weighted by Crippen LogP contribution is -2.35. The van der Waals surface area contributed by atoms with Crippen LogP contribution < -0.4 is 4.74 Å². The molecule has 2 fully saturated rings. The predicted molar refractivity (Wildman–Crippen MR) is 127 cm³/mol. The van der Waals surface area contributed by atoms with Crippen molar-refractivity contribution >= 4 is 17.8 Å². The van der Waals surface area contributed by atoms with Crippen molar-refractivity contribution in [1.29, 1.82) is 0 Å². The highest BCUT2D eigenvalue weighted by atomic mass is 32.2. The molecule has 0 unspecified atom stereocenters. The summed E-state index contributed by atoms with van der Waals surface area (Å²) >= 11 is 1.74. The van der Waals surface area contributed by atoms with Gasteiger partial charge in [-0.2, -0.15) is 0 Å². The lowest BCUT2D eigenvalue weighted by molar-refractivity contribution is 0.129. The fraction of sp³-hybridized carbons (Fsp3) is 0.520. The minimum Gasteiger partial charge on any atom is -0.497 e. The van der Waals surface area contributed by atoms with E-state index in [2.05, 4.69) is 41.1 Å². The van der Waals surface area contributed by atoms with Gasteiger partial charge in [-0.25, -0.2) is 9.97 Å². The second-order valence-electron chi connectivity index (χ2n) is 8.44. The molecule has 2 saturated heterocycles. The molecule has 4 rings (SSSR count). The zero-order chi connectivity index (χ0) is 21.5. The van der Waals surface area contributed by atoms with Crippen molar-refractivity contribution in [3.05, 3.63) is 53.4 Å². The molecule has 0 amide bonds. The van der Waals surface area contributed by atoms with Crippen molar-refractivity contribution in [2.24, 2.45) is 0 Å². The molecule has 2 aliphatic rings. The van der Waals surface area contributed by atoms with Gasteiger partial charge in [0.1, 0.15) is 5.75 Å². The third-order valence-electron chi connectivity index (χ3n) is 6.09. The van der Waals surface area contributed by atoms with Gasteiger partial charge >= 0.3 is 0 Å². The van der Waals surface area contributed by atoms with Crippen LogP contribution >= 0.6 is 11.8 Å². The first-order chi connectivity index (χ1) is 15.2. The molecule has 0 spiro atoms. The van der Waals surface area contributed by atoms with E-state index in [1.807, 2.05) is 18.3 Å². The maximum absolute atomic E-state index is 5.74. The Balaban J connectivity index is 1.33. The van der Waals surface area contributed by atoms with Crippen molar-refractivity contribution < 1.29 is 9.47 Å². The van der Waals surface area contributed by atoms with Crippen LogP contribution in [0.1, 0.15) is 48.4 Å². The number of thioether (sulfide) groups is 1. The second-order valence-corrected chi connectivity index (χ2v) is 9.43. The van der Waals surface area contributed by atoms with Crippen LogP contribution in [-0.2, 0) is 4.74 Å². The Hall–Kier alpha value is -1.89. The first-order valence-electron chi connectivity index (χ1n) is 11.3. The molecule has 0 bridgehead atoms.